The Bertz CT molecular complexity index is 570. The van der Waals surface area contributed by atoms with Gasteiger partial charge in [-0.25, -0.2) is 0 Å². The van der Waals surface area contributed by atoms with Gasteiger partial charge in [-0.2, -0.15) is 0 Å². The zero-order chi connectivity index (χ0) is 17.4. The number of hydrogen-bond donors (Lipinski definition) is 2. The van der Waals surface area contributed by atoms with Crippen molar-refractivity contribution in [1.29, 1.82) is 0 Å². The number of guanidine groups is 1. The molecule has 0 radical (unpaired) electrons. The fraction of sp³-hybridized carbons (Fsp3) is 0.529. The lowest BCUT2D eigenvalue weighted by Crippen LogP contribution is -2.47. The minimum absolute atomic E-state index is 0. The van der Waals surface area contributed by atoms with Crippen LogP contribution in [-0.2, 0) is 4.79 Å². The van der Waals surface area contributed by atoms with Crippen LogP contribution in [0.5, 0.6) is 0 Å². The predicted molar refractivity (Wildman–Crippen MR) is 117 cm³/mol. The first-order valence-electron chi connectivity index (χ1n) is 8.20. The third-order valence-electron chi connectivity index (χ3n) is 3.99. The quantitative estimate of drug-likeness (QED) is 0.209. The van der Waals surface area contributed by atoms with Crippen LogP contribution in [0.1, 0.15) is 19.3 Å². The van der Waals surface area contributed by atoms with Crippen LogP contribution in [0.2, 0.25) is 5.02 Å². The number of nitrogens with one attached hydrogen (secondary N) is 1. The number of thioether (sulfide) groups is 1. The Labute approximate surface area is 176 Å². The maximum absolute atomic E-state index is 11.1. The third kappa shape index (κ3) is 8.04. The van der Waals surface area contributed by atoms with Gasteiger partial charge in [0.15, 0.2) is 5.96 Å². The average Bonchev–Trinajstić information content (AvgIpc) is 2.56. The highest BCUT2D eigenvalue weighted by molar-refractivity contribution is 14.0. The molecule has 1 aliphatic heterocycles. The summed E-state index contributed by atoms with van der Waals surface area (Å²) in [6.45, 7) is 2.64. The summed E-state index contributed by atoms with van der Waals surface area (Å²) in [5.41, 5.74) is 5.33. The number of aliphatic imine (C=N–C) groups is 1. The molecule has 1 fully saturated rings. The maximum Gasteiger partial charge on any atom is 0.217 e. The highest BCUT2D eigenvalue weighted by Gasteiger charge is 2.23. The van der Waals surface area contributed by atoms with Gasteiger partial charge in [-0.05, 0) is 43.0 Å². The highest BCUT2D eigenvalue weighted by Crippen LogP contribution is 2.21. The number of carbonyl (C=O) groups excluding carboxylic acids is 1. The van der Waals surface area contributed by atoms with E-state index in [0.717, 1.165) is 49.2 Å². The Morgan fingerprint density at radius 3 is 2.80 bits per heavy atom. The number of hydrogen-bond acceptors (Lipinski definition) is 3. The largest absolute Gasteiger partial charge is 0.370 e. The molecule has 1 atom stereocenters. The van der Waals surface area contributed by atoms with Crippen molar-refractivity contribution in [1.82, 2.24) is 10.2 Å². The molecule has 0 spiro atoms. The number of rotatable bonds is 6. The van der Waals surface area contributed by atoms with E-state index in [4.69, 9.17) is 17.3 Å². The number of amides is 1. The number of carbonyl (C=O) groups is 1. The number of nitrogens with two attached hydrogens (primary N) is 1. The summed E-state index contributed by atoms with van der Waals surface area (Å²) in [6, 6.07) is 7.87. The van der Waals surface area contributed by atoms with Crippen molar-refractivity contribution in [2.75, 3.05) is 32.4 Å². The van der Waals surface area contributed by atoms with Gasteiger partial charge < -0.3 is 16.0 Å². The first-order valence-corrected chi connectivity index (χ1v) is 9.57. The second-order valence-electron chi connectivity index (χ2n) is 5.90. The molecule has 3 N–H and O–H groups in total. The van der Waals surface area contributed by atoms with Crippen LogP contribution in [0.25, 0.3) is 0 Å². The lowest BCUT2D eigenvalue weighted by atomic mass is 9.95. The molecule has 140 valence electrons. The lowest BCUT2D eigenvalue weighted by molar-refractivity contribution is -0.119. The topological polar surface area (TPSA) is 70.7 Å². The molecule has 1 amide bonds. The van der Waals surface area contributed by atoms with Crippen LogP contribution in [0.3, 0.4) is 0 Å². The number of halogens is 2. The van der Waals surface area contributed by atoms with E-state index < -0.39 is 0 Å². The van der Waals surface area contributed by atoms with Crippen LogP contribution in [0, 0.1) is 5.92 Å². The van der Waals surface area contributed by atoms with E-state index in [1.54, 1.807) is 18.8 Å². The van der Waals surface area contributed by atoms with Crippen molar-refractivity contribution in [3.63, 3.8) is 0 Å². The smallest absolute Gasteiger partial charge is 0.217 e. The molecule has 5 nitrogen and oxygen atoms in total. The van der Waals surface area contributed by atoms with E-state index in [0.29, 0.717) is 12.3 Å². The summed E-state index contributed by atoms with van der Waals surface area (Å²) in [5, 5.41) is 4.17. The van der Waals surface area contributed by atoms with Gasteiger partial charge >= 0.3 is 0 Å². The highest BCUT2D eigenvalue weighted by atomic mass is 127. The molecular formula is C17H26ClIN4OS. The SMILES string of the molecule is CN=C(NCCSc1ccc(Cl)cc1)N1CCCC(CC(N)=O)C1.I. The van der Waals surface area contributed by atoms with Crippen molar-refractivity contribution in [3.05, 3.63) is 29.3 Å². The molecule has 0 bridgehead atoms. The number of likely N-dealkylation sites (tertiary alicyclic amines) is 1. The summed E-state index contributed by atoms with van der Waals surface area (Å²) in [6.07, 6.45) is 2.58. The molecule has 0 saturated carbocycles. The Kier molecular flexibility index (Phi) is 10.6. The molecule has 1 aliphatic rings. The number of primary amides is 1. The summed E-state index contributed by atoms with van der Waals surface area (Å²) in [5.74, 6) is 1.96. The van der Waals surface area contributed by atoms with Crippen molar-refractivity contribution in [3.8, 4) is 0 Å². The van der Waals surface area contributed by atoms with Crippen molar-refractivity contribution in [2.24, 2.45) is 16.6 Å². The van der Waals surface area contributed by atoms with Crippen LogP contribution in [-0.4, -0.2) is 49.2 Å². The minimum atomic E-state index is -0.218. The molecule has 1 heterocycles. The number of benzene rings is 1. The van der Waals surface area contributed by atoms with Gasteiger partial charge in [-0.1, -0.05) is 11.6 Å². The molecule has 2 rings (SSSR count). The van der Waals surface area contributed by atoms with Crippen LogP contribution < -0.4 is 11.1 Å². The molecular weight excluding hydrogens is 471 g/mol. The van der Waals surface area contributed by atoms with E-state index >= 15 is 0 Å². The van der Waals surface area contributed by atoms with Gasteiger partial charge in [-0.3, -0.25) is 9.79 Å². The standard InChI is InChI=1S/C17H25ClN4OS.HI/c1-20-17(22-9-2-3-13(12-22)11-16(19)23)21-8-10-24-15-6-4-14(18)5-7-15;/h4-7,13H,2-3,8-12H2,1H3,(H2,19,23)(H,20,21);1H. The Morgan fingerprint density at radius 1 is 1.44 bits per heavy atom. The summed E-state index contributed by atoms with van der Waals surface area (Å²) in [7, 11) is 1.80. The molecule has 0 aromatic heterocycles. The number of nitrogens with zero attached hydrogens (tertiary/aromatic N) is 2. The first kappa shape index (κ1) is 22.4. The van der Waals surface area contributed by atoms with Crippen LogP contribution >= 0.6 is 47.3 Å². The number of piperidine rings is 1. The normalized spacial score (nSPS) is 17.8. The fourth-order valence-electron chi connectivity index (χ4n) is 2.90. The Balaban J connectivity index is 0.00000312. The predicted octanol–water partition coefficient (Wildman–Crippen LogP) is 3.21. The second-order valence-corrected chi connectivity index (χ2v) is 7.51. The summed E-state index contributed by atoms with van der Waals surface area (Å²) < 4.78 is 0. The molecule has 1 saturated heterocycles. The zero-order valence-corrected chi connectivity index (χ0v) is 18.3. The average molecular weight is 497 g/mol. The Morgan fingerprint density at radius 2 is 2.16 bits per heavy atom. The molecule has 25 heavy (non-hydrogen) atoms. The first-order chi connectivity index (χ1) is 11.6. The second kappa shape index (κ2) is 11.9. The van der Waals surface area contributed by atoms with Gasteiger partial charge in [0.1, 0.15) is 0 Å². The summed E-state index contributed by atoms with van der Waals surface area (Å²) in [4.78, 5) is 18.9. The van der Waals surface area contributed by atoms with Crippen molar-refractivity contribution < 1.29 is 4.79 Å². The van der Waals surface area contributed by atoms with Gasteiger partial charge in [-0.15, -0.1) is 35.7 Å². The van der Waals surface area contributed by atoms with E-state index in [1.165, 1.54) is 4.90 Å². The minimum Gasteiger partial charge on any atom is -0.370 e. The third-order valence-corrected chi connectivity index (χ3v) is 5.25. The van der Waals surface area contributed by atoms with E-state index in [1.807, 2.05) is 24.3 Å². The van der Waals surface area contributed by atoms with E-state index in [9.17, 15) is 4.79 Å². The Hall–Kier alpha value is -0.670. The van der Waals surface area contributed by atoms with Gasteiger partial charge in [0.05, 0.1) is 0 Å². The van der Waals surface area contributed by atoms with Gasteiger partial charge in [0.2, 0.25) is 5.91 Å². The maximum atomic E-state index is 11.1. The lowest BCUT2D eigenvalue weighted by Gasteiger charge is -2.34. The van der Waals surface area contributed by atoms with Crippen molar-refractivity contribution in [2.45, 2.75) is 24.2 Å². The van der Waals surface area contributed by atoms with Gasteiger partial charge in [0, 0.05) is 48.8 Å². The van der Waals surface area contributed by atoms with Crippen LogP contribution in [0.15, 0.2) is 34.2 Å². The molecule has 8 heteroatoms. The fourth-order valence-corrected chi connectivity index (χ4v) is 3.80. The monoisotopic (exact) mass is 496 g/mol. The molecule has 1 unspecified atom stereocenters. The van der Waals surface area contributed by atoms with Crippen molar-refractivity contribution >= 4 is 59.2 Å². The molecule has 1 aromatic carbocycles. The molecule has 0 aliphatic carbocycles. The van der Waals surface area contributed by atoms with E-state index in [2.05, 4.69) is 15.2 Å². The summed E-state index contributed by atoms with van der Waals surface area (Å²) >= 11 is 7.67. The molecule has 1 aromatic rings. The van der Waals surface area contributed by atoms with Crippen LogP contribution in [0.4, 0.5) is 0 Å². The van der Waals surface area contributed by atoms with E-state index in [-0.39, 0.29) is 29.9 Å². The van der Waals surface area contributed by atoms with Gasteiger partial charge in [0.25, 0.3) is 0 Å². The zero-order valence-electron chi connectivity index (χ0n) is 14.4.